The number of likely N-dealkylation sites (N-methyl/N-ethyl adjacent to an activating group) is 2. The molecule has 1 aliphatic heterocycles. The molecule has 0 spiro atoms. The molecule has 0 saturated carbocycles. The van der Waals surface area contributed by atoms with Crippen LogP contribution in [0, 0.1) is 0 Å². The average molecular weight is 427 g/mol. The third-order valence-electron chi connectivity index (χ3n) is 5.45. The highest BCUT2D eigenvalue weighted by molar-refractivity contribution is 5.73. The molecule has 3 rings (SSSR count). The van der Waals surface area contributed by atoms with Crippen LogP contribution in [-0.2, 0) is 9.59 Å². The Kier molecular flexibility index (Phi) is 7.28. The number of rotatable bonds is 7. The first-order valence-electron chi connectivity index (χ1n) is 10.4. The smallest absolute Gasteiger partial charge is 0.239 e. The highest BCUT2D eigenvalue weighted by atomic mass is 16.5. The van der Waals surface area contributed by atoms with Crippen molar-refractivity contribution in [2.24, 2.45) is 0 Å². The van der Waals surface area contributed by atoms with Gasteiger partial charge in [-0.25, -0.2) is 0 Å². The van der Waals surface area contributed by atoms with Crippen LogP contribution < -0.4 is 14.5 Å². The molecule has 0 N–H and O–H groups in total. The number of benzene rings is 1. The summed E-state index contributed by atoms with van der Waals surface area (Å²) in [5.74, 6) is 1.92. The summed E-state index contributed by atoms with van der Waals surface area (Å²) in [7, 11) is 3.68. The van der Waals surface area contributed by atoms with E-state index in [1.54, 1.807) is 38.2 Å². The van der Waals surface area contributed by atoms with Gasteiger partial charge in [0.1, 0.15) is 5.75 Å². The van der Waals surface area contributed by atoms with Gasteiger partial charge < -0.3 is 24.3 Å². The topological polar surface area (TPSA) is 82.1 Å². The lowest BCUT2D eigenvalue weighted by atomic mass is 10.2. The molecule has 31 heavy (non-hydrogen) atoms. The largest absolute Gasteiger partial charge is 0.437 e. The Morgan fingerprint density at radius 3 is 2.29 bits per heavy atom. The van der Waals surface area contributed by atoms with Gasteiger partial charge in [-0.1, -0.05) is 0 Å². The molecule has 1 aliphatic rings. The van der Waals surface area contributed by atoms with Gasteiger partial charge in [0.05, 0.1) is 12.4 Å². The lowest BCUT2D eigenvalue weighted by Gasteiger charge is -2.35. The first kappa shape index (κ1) is 22.3. The highest BCUT2D eigenvalue weighted by Gasteiger charge is 2.18. The minimum absolute atomic E-state index is 0.0285. The summed E-state index contributed by atoms with van der Waals surface area (Å²) in [5, 5.41) is 0. The Labute approximate surface area is 183 Å². The van der Waals surface area contributed by atoms with Crippen LogP contribution in [0.3, 0.4) is 0 Å². The Balaban J connectivity index is 1.57. The van der Waals surface area contributed by atoms with Gasteiger partial charge in [-0.05, 0) is 24.3 Å². The number of ether oxygens (including phenoxy) is 1. The number of aromatic nitrogens is 2. The van der Waals surface area contributed by atoms with Crippen molar-refractivity contribution in [1.82, 2.24) is 19.8 Å². The summed E-state index contributed by atoms with van der Waals surface area (Å²) >= 11 is 0. The van der Waals surface area contributed by atoms with E-state index in [1.165, 1.54) is 0 Å². The third kappa shape index (κ3) is 6.07. The van der Waals surface area contributed by atoms with Gasteiger partial charge in [-0.3, -0.25) is 14.6 Å². The van der Waals surface area contributed by atoms with Crippen LogP contribution >= 0.6 is 0 Å². The summed E-state index contributed by atoms with van der Waals surface area (Å²) in [6.07, 6.45) is 3.25. The monoisotopic (exact) mass is 426 g/mol. The van der Waals surface area contributed by atoms with Crippen molar-refractivity contribution < 1.29 is 14.3 Å². The Bertz CT molecular complexity index is 896. The SMILES string of the molecule is CC(=O)N(C)CCN(C)c1cncc(Oc2ccc(N3CCN(C(C)=O)CC3)cc2)n1. The lowest BCUT2D eigenvalue weighted by Crippen LogP contribution is -2.48. The summed E-state index contributed by atoms with van der Waals surface area (Å²) < 4.78 is 5.89. The van der Waals surface area contributed by atoms with Crippen LogP contribution in [-0.4, -0.2) is 84.9 Å². The fourth-order valence-electron chi connectivity index (χ4n) is 3.27. The summed E-state index contributed by atoms with van der Waals surface area (Å²) in [6, 6.07) is 7.85. The fraction of sp³-hybridized carbons (Fsp3) is 0.455. The number of carbonyl (C=O) groups is 2. The standard InChI is InChI=1S/C22H30N6O3/c1-17(29)25(3)9-10-26(4)21-15-23-16-22(24-21)31-20-7-5-19(6-8-20)28-13-11-27(12-14-28)18(2)30/h5-8,15-16H,9-14H2,1-4H3. The molecular formula is C22H30N6O3. The van der Waals surface area contributed by atoms with Crippen LogP contribution in [0.1, 0.15) is 13.8 Å². The number of amides is 2. The Morgan fingerprint density at radius 2 is 1.68 bits per heavy atom. The molecule has 2 amide bonds. The van der Waals surface area contributed by atoms with Gasteiger partial charge in [0.2, 0.25) is 17.7 Å². The molecule has 2 aromatic rings. The zero-order valence-corrected chi connectivity index (χ0v) is 18.6. The number of hydrogen-bond acceptors (Lipinski definition) is 7. The van der Waals surface area contributed by atoms with Crippen LogP contribution in [0.5, 0.6) is 11.6 Å². The molecule has 9 heteroatoms. The van der Waals surface area contributed by atoms with Crippen molar-refractivity contribution in [3.8, 4) is 11.6 Å². The van der Waals surface area contributed by atoms with Gasteiger partial charge in [0.25, 0.3) is 0 Å². The normalized spacial score (nSPS) is 13.7. The van der Waals surface area contributed by atoms with Crippen molar-refractivity contribution in [3.05, 3.63) is 36.7 Å². The Morgan fingerprint density at radius 1 is 1.00 bits per heavy atom. The van der Waals surface area contributed by atoms with Gasteiger partial charge in [-0.2, -0.15) is 4.98 Å². The number of nitrogens with zero attached hydrogens (tertiary/aromatic N) is 6. The maximum atomic E-state index is 11.5. The highest BCUT2D eigenvalue weighted by Crippen LogP contribution is 2.25. The molecule has 1 saturated heterocycles. The van der Waals surface area contributed by atoms with E-state index in [-0.39, 0.29) is 11.8 Å². The predicted molar refractivity (Wildman–Crippen MR) is 120 cm³/mol. The van der Waals surface area contributed by atoms with E-state index in [0.29, 0.717) is 30.5 Å². The second kappa shape index (κ2) is 10.1. The summed E-state index contributed by atoms with van der Waals surface area (Å²) in [5.41, 5.74) is 1.10. The molecule has 0 unspecified atom stereocenters. The quantitative estimate of drug-likeness (QED) is 0.668. The third-order valence-corrected chi connectivity index (χ3v) is 5.45. The van der Waals surface area contributed by atoms with Crippen LogP contribution in [0.25, 0.3) is 0 Å². The minimum atomic E-state index is 0.0285. The molecular weight excluding hydrogens is 396 g/mol. The number of piperazine rings is 1. The summed E-state index contributed by atoms with van der Waals surface area (Å²) in [4.78, 5) is 39.3. The first-order chi connectivity index (χ1) is 14.8. The maximum Gasteiger partial charge on any atom is 0.239 e. The zero-order valence-electron chi connectivity index (χ0n) is 18.6. The van der Waals surface area contributed by atoms with Crippen molar-refractivity contribution in [1.29, 1.82) is 0 Å². The minimum Gasteiger partial charge on any atom is -0.437 e. The molecule has 0 aliphatic carbocycles. The molecule has 0 bridgehead atoms. The van der Waals surface area contributed by atoms with Crippen LogP contribution in [0.2, 0.25) is 0 Å². The van der Waals surface area contributed by atoms with Gasteiger partial charge >= 0.3 is 0 Å². The average Bonchev–Trinajstić information content (AvgIpc) is 2.78. The number of hydrogen-bond donors (Lipinski definition) is 0. The molecule has 166 valence electrons. The van der Waals surface area contributed by atoms with Crippen LogP contribution in [0.15, 0.2) is 36.7 Å². The van der Waals surface area contributed by atoms with E-state index in [1.807, 2.05) is 41.1 Å². The second-order valence-electron chi connectivity index (χ2n) is 7.67. The van der Waals surface area contributed by atoms with E-state index < -0.39 is 0 Å². The Hall–Kier alpha value is -3.36. The van der Waals surface area contributed by atoms with Gasteiger partial charge in [0.15, 0.2) is 5.82 Å². The van der Waals surface area contributed by atoms with E-state index in [0.717, 1.165) is 31.9 Å². The number of anilines is 2. The maximum absolute atomic E-state index is 11.5. The first-order valence-corrected chi connectivity index (χ1v) is 10.4. The summed E-state index contributed by atoms with van der Waals surface area (Å²) in [6.45, 7) is 7.52. The lowest BCUT2D eigenvalue weighted by molar-refractivity contribution is -0.129. The predicted octanol–water partition coefficient (Wildman–Crippen LogP) is 1.85. The molecule has 0 atom stereocenters. The van der Waals surface area contributed by atoms with E-state index in [4.69, 9.17) is 4.74 Å². The van der Waals surface area contributed by atoms with Crippen molar-refractivity contribution >= 4 is 23.3 Å². The van der Waals surface area contributed by atoms with Gasteiger partial charge in [0, 0.05) is 72.9 Å². The molecule has 1 aromatic heterocycles. The van der Waals surface area contributed by atoms with E-state index in [9.17, 15) is 9.59 Å². The van der Waals surface area contributed by atoms with Crippen LogP contribution in [0.4, 0.5) is 11.5 Å². The molecule has 0 radical (unpaired) electrons. The zero-order chi connectivity index (χ0) is 22.4. The van der Waals surface area contributed by atoms with Gasteiger partial charge in [-0.15, -0.1) is 0 Å². The fourth-order valence-corrected chi connectivity index (χ4v) is 3.27. The molecule has 1 fully saturated rings. The molecule has 1 aromatic carbocycles. The molecule has 2 heterocycles. The van der Waals surface area contributed by atoms with E-state index in [2.05, 4.69) is 14.9 Å². The van der Waals surface area contributed by atoms with Crippen molar-refractivity contribution in [3.63, 3.8) is 0 Å². The number of carbonyl (C=O) groups excluding carboxylic acids is 2. The second-order valence-corrected chi connectivity index (χ2v) is 7.67. The van der Waals surface area contributed by atoms with E-state index >= 15 is 0 Å². The van der Waals surface area contributed by atoms with Crippen molar-refractivity contribution in [2.45, 2.75) is 13.8 Å². The van der Waals surface area contributed by atoms with Crippen molar-refractivity contribution in [2.75, 3.05) is 63.2 Å². The molecule has 9 nitrogen and oxygen atoms in total.